The molecule has 0 saturated heterocycles. The molecule has 0 atom stereocenters. The van der Waals surface area contributed by atoms with E-state index in [1.807, 2.05) is 6.07 Å². The molecule has 5 heteroatoms. The van der Waals surface area contributed by atoms with E-state index in [1.54, 1.807) is 0 Å². The molecule has 0 fully saturated rings. The molecular formula is C57H37N5. The molecule has 0 spiro atoms. The smallest absolute Gasteiger partial charge is 0.238 e. The third kappa shape index (κ3) is 5.98. The summed E-state index contributed by atoms with van der Waals surface area (Å²) in [6.07, 6.45) is 0. The number of nitrogens with zero attached hydrogens (tertiary/aromatic N) is 5. The average Bonchev–Trinajstić information content (AvgIpc) is 3.87. The first-order chi connectivity index (χ1) is 30.7. The van der Waals surface area contributed by atoms with Crippen molar-refractivity contribution in [1.82, 2.24) is 24.1 Å². The van der Waals surface area contributed by atoms with Crippen molar-refractivity contribution >= 4 is 43.6 Å². The minimum absolute atomic E-state index is 0.544. The Kier molecular flexibility index (Phi) is 8.42. The zero-order valence-electron chi connectivity index (χ0n) is 33.6. The normalized spacial score (nSPS) is 11.5. The molecule has 0 saturated carbocycles. The van der Waals surface area contributed by atoms with Crippen LogP contribution in [0.25, 0.3) is 111 Å². The highest BCUT2D eigenvalue weighted by molar-refractivity contribution is 6.11. The largest absolute Gasteiger partial charge is 0.309 e. The van der Waals surface area contributed by atoms with E-state index in [-0.39, 0.29) is 0 Å². The summed E-state index contributed by atoms with van der Waals surface area (Å²) in [5, 5.41) is 4.64. The molecule has 5 nitrogen and oxygen atoms in total. The quantitative estimate of drug-likeness (QED) is 0.162. The molecule has 0 N–H and O–H groups in total. The number of hydrogen-bond acceptors (Lipinski definition) is 3. The van der Waals surface area contributed by atoms with Crippen LogP contribution >= 0.6 is 0 Å². The SMILES string of the molecule is c1ccc(-c2cccc(-c3nc(-c4ccccc4-n4c5ccccc5c5ccccc54)nc(-n4c5cc(-c6ccccc6)ccc5c5ccc(-c6ccccc6)cc54)n3)c2)cc1. The summed E-state index contributed by atoms with van der Waals surface area (Å²) in [7, 11) is 0. The van der Waals surface area contributed by atoms with E-state index in [0.717, 1.165) is 83.0 Å². The Labute approximate surface area is 358 Å². The Hall–Kier alpha value is -8.41. The van der Waals surface area contributed by atoms with Gasteiger partial charge in [0.2, 0.25) is 5.95 Å². The van der Waals surface area contributed by atoms with E-state index >= 15 is 0 Å². The van der Waals surface area contributed by atoms with Crippen molar-refractivity contribution in [2.45, 2.75) is 0 Å². The summed E-state index contributed by atoms with van der Waals surface area (Å²) < 4.78 is 4.58. The molecule has 0 unspecified atom stereocenters. The van der Waals surface area contributed by atoms with E-state index in [9.17, 15) is 0 Å². The molecule has 0 aliphatic heterocycles. The van der Waals surface area contributed by atoms with Gasteiger partial charge in [0.05, 0.1) is 27.8 Å². The lowest BCUT2D eigenvalue weighted by molar-refractivity contribution is 0.952. The zero-order chi connectivity index (χ0) is 41.0. The maximum atomic E-state index is 5.52. The number of para-hydroxylation sites is 3. The van der Waals surface area contributed by atoms with Crippen LogP contribution in [0.5, 0.6) is 0 Å². The molecule has 9 aromatic carbocycles. The molecule has 0 aliphatic carbocycles. The van der Waals surface area contributed by atoms with Crippen molar-refractivity contribution in [3.63, 3.8) is 0 Å². The van der Waals surface area contributed by atoms with Crippen LogP contribution in [-0.2, 0) is 0 Å². The minimum Gasteiger partial charge on any atom is -0.309 e. The van der Waals surface area contributed by atoms with Crippen molar-refractivity contribution in [2.75, 3.05) is 0 Å². The molecular weight excluding hydrogens is 755 g/mol. The molecule has 290 valence electrons. The standard InChI is InChI=1S/C57H37N5/c1-4-17-38(18-5-1)41-23-16-24-44(35-41)55-58-56(49-27-12-15-30-52(49)61-50-28-13-10-25-45(50)46-26-11-14-29-51(46)61)60-57(59-55)62-53-36-42(39-19-6-2-7-20-39)31-33-47(53)48-34-32-43(37-54(48)62)40-21-8-3-9-22-40/h1-37H. The van der Waals surface area contributed by atoms with Gasteiger partial charge < -0.3 is 4.57 Å². The fourth-order valence-corrected chi connectivity index (χ4v) is 9.08. The highest BCUT2D eigenvalue weighted by atomic mass is 15.2. The van der Waals surface area contributed by atoms with E-state index in [2.05, 4.69) is 228 Å². The van der Waals surface area contributed by atoms with Crippen molar-refractivity contribution in [3.05, 3.63) is 224 Å². The van der Waals surface area contributed by atoms with Crippen LogP contribution in [0.3, 0.4) is 0 Å². The maximum Gasteiger partial charge on any atom is 0.238 e. The first-order valence-electron chi connectivity index (χ1n) is 20.9. The van der Waals surface area contributed by atoms with Gasteiger partial charge in [-0.15, -0.1) is 0 Å². The molecule has 12 rings (SSSR count). The van der Waals surface area contributed by atoms with Crippen molar-refractivity contribution in [3.8, 4) is 67.8 Å². The number of hydrogen-bond donors (Lipinski definition) is 0. The van der Waals surface area contributed by atoms with Crippen molar-refractivity contribution in [2.24, 2.45) is 0 Å². The van der Waals surface area contributed by atoms with Gasteiger partial charge in [0.25, 0.3) is 0 Å². The Morgan fingerprint density at radius 1 is 0.258 bits per heavy atom. The molecule has 3 aromatic heterocycles. The second kappa shape index (κ2) is 14.7. The second-order valence-electron chi connectivity index (χ2n) is 15.6. The molecule has 0 radical (unpaired) electrons. The fraction of sp³-hybridized carbons (Fsp3) is 0. The third-order valence-corrected chi connectivity index (χ3v) is 12.0. The predicted octanol–water partition coefficient (Wildman–Crippen LogP) is 14.4. The van der Waals surface area contributed by atoms with Gasteiger partial charge in [-0.05, 0) is 75.8 Å². The van der Waals surface area contributed by atoms with Gasteiger partial charge in [-0.2, -0.15) is 9.97 Å². The summed E-state index contributed by atoms with van der Waals surface area (Å²) in [6.45, 7) is 0. The van der Waals surface area contributed by atoms with E-state index in [1.165, 1.54) is 10.8 Å². The van der Waals surface area contributed by atoms with Crippen LogP contribution in [0, 0.1) is 0 Å². The lowest BCUT2D eigenvalue weighted by atomic mass is 10.0. The maximum absolute atomic E-state index is 5.52. The first kappa shape index (κ1) is 35.5. The fourth-order valence-electron chi connectivity index (χ4n) is 9.08. The molecule has 62 heavy (non-hydrogen) atoms. The topological polar surface area (TPSA) is 48.5 Å². The van der Waals surface area contributed by atoms with E-state index < -0.39 is 0 Å². The van der Waals surface area contributed by atoms with Gasteiger partial charge in [-0.25, -0.2) is 4.98 Å². The van der Waals surface area contributed by atoms with Gasteiger partial charge in [-0.1, -0.05) is 182 Å². The van der Waals surface area contributed by atoms with Gasteiger partial charge in [-0.3, -0.25) is 4.57 Å². The van der Waals surface area contributed by atoms with E-state index in [4.69, 9.17) is 15.0 Å². The number of aromatic nitrogens is 5. The van der Waals surface area contributed by atoms with Crippen LogP contribution in [-0.4, -0.2) is 24.1 Å². The zero-order valence-corrected chi connectivity index (χ0v) is 33.6. The highest BCUT2D eigenvalue weighted by Gasteiger charge is 2.22. The van der Waals surface area contributed by atoms with Crippen LogP contribution in [0.4, 0.5) is 0 Å². The van der Waals surface area contributed by atoms with Crippen LogP contribution in [0.1, 0.15) is 0 Å². The van der Waals surface area contributed by atoms with Gasteiger partial charge in [0.1, 0.15) is 0 Å². The van der Waals surface area contributed by atoms with Gasteiger partial charge in [0.15, 0.2) is 11.6 Å². The monoisotopic (exact) mass is 791 g/mol. The van der Waals surface area contributed by atoms with Gasteiger partial charge >= 0.3 is 0 Å². The van der Waals surface area contributed by atoms with Crippen LogP contribution in [0.15, 0.2) is 224 Å². The summed E-state index contributed by atoms with van der Waals surface area (Å²) in [6, 6.07) is 79.2. The average molecular weight is 792 g/mol. The highest BCUT2D eigenvalue weighted by Crippen LogP contribution is 2.39. The third-order valence-electron chi connectivity index (χ3n) is 12.0. The molecule has 0 amide bonds. The summed E-state index contributed by atoms with van der Waals surface area (Å²) >= 11 is 0. The summed E-state index contributed by atoms with van der Waals surface area (Å²) in [4.78, 5) is 16.3. The Bertz CT molecular complexity index is 3470. The molecule has 0 bridgehead atoms. The van der Waals surface area contributed by atoms with Crippen molar-refractivity contribution in [1.29, 1.82) is 0 Å². The van der Waals surface area contributed by atoms with Crippen molar-refractivity contribution < 1.29 is 0 Å². The Morgan fingerprint density at radius 2 is 0.694 bits per heavy atom. The summed E-state index contributed by atoms with van der Waals surface area (Å²) in [5.74, 6) is 1.72. The number of benzene rings is 9. The number of rotatable bonds is 7. The van der Waals surface area contributed by atoms with Crippen LogP contribution in [0.2, 0.25) is 0 Å². The molecule has 3 heterocycles. The lowest BCUT2D eigenvalue weighted by Crippen LogP contribution is -2.08. The molecule has 12 aromatic rings. The minimum atomic E-state index is 0.544. The van der Waals surface area contributed by atoms with Crippen LogP contribution < -0.4 is 0 Å². The number of fused-ring (bicyclic) bond motifs is 6. The predicted molar refractivity (Wildman–Crippen MR) is 256 cm³/mol. The Morgan fingerprint density at radius 3 is 1.27 bits per heavy atom. The lowest BCUT2D eigenvalue weighted by Gasteiger charge is -2.15. The van der Waals surface area contributed by atoms with E-state index in [0.29, 0.717) is 17.6 Å². The molecule has 0 aliphatic rings. The first-order valence-corrected chi connectivity index (χ1v) is 20.9. The Balaban J connectivity index is 1.16. The second-order valence-corrected chi connectivity index (χ2v) is 15.6. The van der Waals surface area contributed by atoms with Gasteiger partial charge in [0, 0.05) is 32.7 Å². The summed E-state index contributed by atoms with van der Waals surface area (Å²) in [5.41, 5.74) is 13.8.